The first-order valence-corrected chi connectivity index (χ1v) is 8.84. The molecule has 0 heterocycles. The third-order valence-electron chi connectivity index (χ3n) is 3.19. The van der Waals surface area contributed by atoms with Gasteiger partial charge in [-0.2, -0.15) is 0 Å². The first-order valence-electron chi connectivity index (χ1n) is 6.84. The molecule has 0 aromatic heterocycles. The van der Waals surface area contributed by atoms with Crippen molar-refractivity contribution >= 4 is 28.7 Å². The van der Waals surface area contributed by atoms with Crippen molar-refractivity contribution in [1.29, 1.82) is 0 Å². The van der Waals surface area contributed by atoms with E-state index >= 15 is 0 Å². The molecule has 0 atom stereocenters. The molecule has 0 N–H and O–H groups in total. The second-order valence-corrected chi connectivity index (χ2v) is 7.22. The van der Waals surface area contributed by atoms with Crippen molar-refractivity contribution in [2.45, 2.75) is 0 Å². The van der Waals surface area contributed by atoms with Gasteiger partial charge < -0.3 is 0 Å². The normalized spacial score (nSPS) is 9.59. The van der Waals surface area contributed by atoms with Crippen molar-refractivity contribution in [1.82, 2.24) is 0 Å². The first-order chi connectivity index (χ1) is 10.9. The molecule has 3 heteroatoms. The van der Waals surface area contributed by atoms with Gasteiger partial charge in [0.15, 0.2) is 0 Å². The molecule has 0 spiro atoms. The van der Waals surface area contributed by atoms with E-state index in [1.54, 1.807) is 0 Å². The van der Waals surface area contributed by atoms with Gasteiger partial charge in [-0.15, -0.1) is 0 Å². The third-order valence-corrected chi connectivity index (χ3v) is 5.92. The van der Waals surface area contributed by atoms with Crippen LogP contribution in [0.4, 0.5) is 0 Å². The van der Waals surface area contributed by atoms with Crippen molar-refractivity contribution in [2.75, 3.05) is 0 Å². The summed E-state index contributed by atoms with van der Waals surface area (Å²) >= 11 is 3.36. The standard InChI is InChI=1S/C18H15P.CO.Ni/c1-4-10-16(11-5-1)19(17-12-6-2-7-13-17)18-14-8-3-9-15-18;1-2;/h1-15H;;/p+1. The molecule has 0 amide bonds. The second kappa shape index (κ2) is 9.24. The maximum absolute atomic E-state index is 8.51. The molecular weight excluding hydrogens is 334 g/mol. The number of benzene rings is 3. The Morgan fingerprint density at radius 3 is 1.05 bits per heavy atom. The van der Waals surface area contributed by atoms with Crippen LogP contribution in [-0.2, 0) is 19.8 Å². The molecule has 22 heavy (non-hydrogen) atoms. The van der Waals surface area contributed by atoms with E-state index in [9.17, 15) is 0 Å². The van der Waals surface area contributed by atoms with Gasteiger partial charge in [0.25, 0.3) is 0 Å². The van der Waals surface area contributed by atoms with Crippen LogP contribution in [0.1, 0.15) is 0 Å². The summed E-state index contributed by atoms with van der Waals surface area (Å²) in [6.07, 6.45) is 0. The summed E-state index contributed by atoms with van der Waals surface area (Å²) in [6.45, 7) is 0. The first kappa shape index (κ1) is 16.5. The minimum absolute atomic E-state index is 0.877. The van der Waals surface area contributed by atoms with Crippen LogP contribution < -0.4 is 15.9 Å². The predicted octanol–water partition coefficient (Wildman–Crippen LogP) is 2.78. The van der Waals surface area contributed by atoms with E-state index in [1.165, 1.54) is 15.9 Å². The molecule has 3 aromatic rings. The summed E-state index contributed by atoms with van der Waals surface area (Å²) in [5.41, 5.74) is 0. The maximum Gasteiger partial charge on any atom is 0.102 e. The smallest absolute Gasteiger partial charge is 0.0620 e. The zero-order valence-corrected chi connectivity index (χ0v) is 13.9. The molecule has 0 saturated heterocycles. The minimum atomic E-state index is -0.877. The molecule has 0 aliphatic carbocycles. The SMILES string of the molecule is O=[C]=[Ni].c1ccc([PH+](c2ccccc2)c2ccccc2)cc1. The molecule has 0 bridgehead atoms. The molecule has 1 nitrogen and oxygen atoms in total. The summed E-state index contributed by atoms with van der Waals surface area (Å²) in [4.78, 5) is 9.64. The fraction of sp³-hybridized carbons (Fsp3) is 0. The van der Waals surface area contributed by atoms with E-state index in [1.807, 2.05) is 0 Å². The van der Waals surface area contributed by atoms with Gasteiger partial charge in [0.2, 0.25) is 0 Å². The Hall–Kier alpha value is -1.84. The van der Waals surface area contributed by atoms with Crippen LogP contribution in [0.15, 0.2) is 91.0 Å². The fourth-order valence-electron chi connectivity index (χ4n) is 2.31. The van der Waals surface area contributed by atoms with Gasteiger partial charge in [-0.1, -0.05) is 54.6 Å². The average Bonchev–Trinajstić information content (AvgIpc) is 2.59. The van der Waals surface area contributed by atoms with Gasteiger partial charge in [-0.3, -0.25) is 0 Å². The van der Waals surface area contributed by atoms with Gasteiger partial charge in [-0.05, 0) is 36.4 Å². The third kappa shape index (κ3) is 4.58. The fourth-order valence-corrected chi connectivity index (χ4v) is 4.89. The monoisotopic (exact) mass is 349 g/mol. The molecule has 0 aliphatic heterocycles. The Balaban J connectivity index is 0.000000545. The van der Waals surface area contributed by atoms with Crippen molar-refractivity contribution in [3.05, 3.63) is 91.0 Å². The van der Waals surface area contributed by atoms with Gasteiger partial charge in [0.05, 0.1) is 7.92 Å². The van der Waals surface area contributed by atoms with Crippen molar-refractivity contribution in [3.8, 4) is 0 Å². The van der Waals surface area contributed by atoms with E-state index in [4.69, 9.17) is 4.79 Å². The molecule has 0 saturated carbocycles. The minimum Gasteiger partial charge on any atom is -0.0620 e. The Kier molecular flexibility index (Phi) is 6.94. The summed E-state index contributed by atoms with van der Waals surface area (Å²) < 4.78 is 0. The predicted molar refractivity (Wildman–Crippen MR) is 92.2 cm³/mol. The van der Waals surface area contributed by atoms with E-state index in [0.717, 1.165) is 4.86 Å². The number of hydrogen-bond acceptors (Lipinski definition) is 1. The van der Waals surface area contributed by atoms with Crippen molar-refractivity contribution < 1.29 is 19.8 Å². The summed E-state index contributed by atoms with van der Waals surface area (Å²) in [6, 6.07) is 32.5. The maximum atomic E-state index is 8.51. The molecular formula is C19H16NiOP+. The Labute approximate surface area is 139 Å². The quantitative estimate of drug-likeness (QED) is 0.525. The zero-order chi connectivity index (χ0) is 15.6. The van der Waals surface area contributed by atoms with Crippen LogP contribution in [0.3, 0.4) is 0 Å². The van der Waals surface area contributed by atoms with Crippen molar-refractivity contribution in [2.24, 2.45) is 0 Å². The molecule has 3 rings (SSSR count). The van der Waals surface area contributed by atoms with E-state index in [2.05, 4.69) is 106 Å². The Morgan fingerprint density at radius 1 is 0.591 bits per heavy atom. The molecule has 0 radical (unpaired) electrons. The second-order valence-electron chi connectivity index (χ2n) is 4.54. The molecule has 0 fully saturated rings. The number of rotatable bonds is 3. The molecule has 3 aromatic carbocycles. The van der Waals surface area contributed by atoms with Crippen LogP contribution in [0.25, 0.3) is 0 Å². The van der Waals surface area contributed by atoms with Crippen LogP contribution in [-0.4, -0.2) is 4.86 Å². The van der Waals surface area contributed by atoms with Gasteiger partial charge >= 0.3 is 24.7 Å². The summed E-state index contributed by atoms with van der Waals surface area (Å²) in [5.74, 6) is 0. The van der Waals surface area contributed by atoms with Gasteiger partial charge in [-0.25, -0.2) is 0 Å². The van der Waals surface area contributed by atoms with Crippen LogP contribution in [0.5, 0.6) is 0 Å². The van der Waals surface area contributed by atoms with E-state index in [-0.39, 0.29) is 0 Å². The largest absolute Gasteiger partial charge is 0.102 e. The van der Waals surface area contributed by atoms with Crippen molar-refractivity contribution in [3.63, 3.8) is 0 Å². The zero-order valence-electron chi connectivity index (χ0n) is 11.9. The van der Waals surface area contributed by atoms with Crippen LogP contribution in [0, 0.1) is 0 Å². The number of carbonyl (C=O) groups excluding carboxylic acids is 1. The van der Waals surface area contributed by atoms with Crippen LogP contribution in [0.2, 0.25) is 0 Å². The average molecular weight is 350 g/mol. The summed E-state index contributed by atoms with van der Waals surface area (Å²) in [7, 11) is -0.877. The molecule has 0 unspecified atom stereocenters. The molecule has 112 valence electrons. The Bertz CT molecular complexity index is 614. The topological polar surface area (TPSA) is 17.1 Å². The van der Waals surface area contributed by atoms with Crippen LogP contribution >= 0.6 is 7.92 Å². The van der Waals surface area contributed by atoms with E-state index < -0.39 is 7.92 Å². The Morgan fingerprint density at radius 2 is 0.818 bits per heavy atom. The van der Waals surface area contributed by atoms with Gasteiger partial charge in [0.1, 0.15) is 15.9 Å². The van der Waals surface area contributed by atoms with E-state index in [0.29, 0.717) is 0 Å². The summed E-state index contributed by atoms with van der Waals surface area (Å²) in [5, 5.41) is 4.31. The van der Waals surface area contributed by atoms with Gasteiger partial charge in [0, 0.05) is 0 Å². The number of hydrogen-bond donors (Lipinski definition) is 0. The molecule has 0 aliphatic rings.